The number of hydrogen-bond acceptors (Lipinski definition) is 8. The van der Waals surface area contributed by atoms with Crippen molar-refractivity contribution < 1.29 is 44.1 Å². The predicted molar refractivity (Wildman–Crippen MR) is 145 cm³/mol. The first-order valence-corrected chi connectivity index (χ1v) is 12.8. The van der Waals surface area contributed by atoms with Crippen LogP contribution >= 0.6 is 0 Å². The molecule has 16 heteroatoms. The van der Waals surface area contributed by atoms with Crippen molar-refractivity contribution in [3.63, 3.8) is 0 Å². The Balaban J connectivity index is 1.73. The molecule has 0 saturated carbocycles. The Morgan fingerprint density at radius 1 is 0.833 bits per heavy atom. The zero-order valence-electron chi connectivity index (χ0n) is 22.2. The number of aliphatic carboxylic acids is 3. The number of hydrogen-bond donors (Lipinski definition) is 9. The van der Waals surface area contributed by atoms with Crippen molar-refractivity contribution in [2.24, 2.45) is 5.73 Å². The highest BCUT2D eigenvalue weighted by atomic mass is 16.4. The lowest BCUT2D eigenvalue weighted by molar-refractivity contribution is -0.144. The van der Waals surface area contributed by atoms with Crippen LogP contribution in [-0.4, -0.2) is 90.1 Å². The smallest absolute Gasteiger partial charge is 0.326 e. The van der Waals surface area contributed by atoms with Crippen molar-refractivity contribution in [1.29, 1.82) is 0 Å². The number of carboxylic acid groups (broad SMARTS) is 3. The second-order valence-electron chi connectivity index (χ2n) is 9.50. The molecular formula is C26H31N7O9. The average Bonchev–Trinajstić information content (AvgIpc) is 3.59. The molecule has 16 nitrogen and oxygen atoms in total. The molecule has 0 aliphatic carbocycles. The van der Waals surface area contributed by atoms with Crippen molar-refractivity contribution in [3.05, 3.63) is 54.2 Å². The van der Waals surface area contributed by atoms with Gasteiger partial charge in [0.05, 0.1) is 18.8 Å². The summed E-state index contributed by atoms with van der Waals surface area (Å²) in [4.78, 5) is 82.7. The number of nitrogens with two attached hydrogens (primary N) is 1. The number of benzene rings is 1. The van der Waals surface area contributed by atoms with E-state index in [1.807, 2.05) is 24.3 Å². The van der Waals surface area contributed by atoms with Crippen LogP contribution in [0, 0.1) is 0 Å². The van der Waals surface area contributed by atoms with Crippen molar-refractivity contribution >= 4 is 46.5 Å². The summed E-state index contributed by atoms with van der Waals surface area (Å²) in [6, 6.07) is 1.53. The minimum absolute atomic E-state index is 0.0784. The molecular weight excluding hydrogens is 554 g/mol. The van der Waals surface area contributed by atoms with E-state index in [9.17, 15) is 39.0 Å². The predicted octanol–water partition coefficient (Wildman–Crippen LogP) is -1.12. The molecule has 42 heavy (non-hydrogen) atoms. The molecule has 0 aliphatic rings. The van der Waals surface area contributed by atoms with Crippen LogP contribution in [0.1, 0.15) is 30.5 Å². The van der Waals surface area contributed by atoms with Crippen LogP contribution in [0.4, 0.5) is 0 Å². The van der Waals surface area contributed by atoms with Gasteiger partial charge in [-0.1, -0.05) is 18.2 Å². The number of imidazole rings is 1. The molecule has 0 bridgehead atoms. The Kier molecular flexibility index (Phi) is 10.7. The Bertz CT molecular complexity index is 1440. The van der Waals surface area contributed by atoms with Crippen LogP contribution in [-0.2, 0) is 41.6 Å². The number of rotatable bonds is 16. The molecule has 1 aromatic carbocycles. The summed E-state index contributed by atoms with van der Waals surface area (Å²) < 4.78 is 0. The molecule has 3 rings (SSSR count). The Hall–Kier alpha value is -5.25. The average molecular weight is 586 g/mol. The molecule has 0 radical (unpaired) electrons. The van der Waals surface area contributed by atoms with Crippen molar-refractivity contribution in [3.8, 4) is 0 Å². The highest BCUT2D eigenvalue weighted by Crippen LogP contribution is 2.19. The van der Waals surface area contributed by atoms with Crippen LogP contribution in [0.2, 0.25) is 0 Å². The Morgan fingerprint density at radius 2 is 1.50 bits per heavy atom. The zero-order valence-corrected chi connectivity index (χ0v) is 22.2. The zero-order chi connectivity index (χ0) is 30.8. The fourth-order valence-electron chi connectivity index (χ4n) is 4.19. The quantitative estimate of drug-likeness (QED) is 0.0971. The van der Waals surface area contributed by atoms with Gasteiger partial charge in [0, 0.05) is 41.8 Å². The molecule has 10 N–H and O–H groups in total. The van der Waals surface area contributed by atoms with Crippen LogP contribution < -0.4 is 21.7 Å². The third-order valence-electron chi connectivity index (χ3n) is 6.34. The molecule has 4 atom stereocenters. The van der Waals surface area contributed by atoms with Crippen LogP contribution in [0.15, 0.2) is 43.0 Å². The van der Waals surface area contributed by atoms with E-state index in [1.54, 1.807) is 6.20 Å². The van der Waals surface area contributed by atoms with Gasteiger partial charge in [-0.15, -0.1) is 0 Å². The molecule has 4 unspecified atom stereocenters. The first kappa shape index (κ1) is 31.3. The number of para-hydroxylation sites is 1. The maximum absolute atomic E-state index is 13.2. The lowest BCUT2D eigenvalue weighted by Crippen LogP contribution is -2.58. The highest BCUT2D eigenvalue weighted by molar-refractivity contribution is 5.96. The standard InChI is InChI=1S/C26H31N7O9/c27-16(7-13-10-29-17-4-2-1-3-15(13)17)23(38)32-20(9-22(36)37)25(40)33-19(8-14-11-28-12-30-14)24(39)31-18(26(41)42)5-6-21(34)35/h1-4,10-12,16,18-20,29H,5-9,27H2,(H,28,30)(H,31,39)(H,32,38)(H,33,40)(H,34,35)(H,36,37)(H,41,42). The lowest BCUT2D eigenvalue weighted by atomic mass is 10.0. The van der Waals surface area contributed by atoms with E-state index >= 15 is 0 Å². The van der Waals surface area contributed by atoms with Gasteiger partial charge in [0.25, 0.3) is 0 Å². The summed E-state index contributed by atoms with van der Waals surface area (Å²) in [5, 5.41) is 35.4. The first-order valence-electron chi connectivity index (χ1n) is 12.8. The molecule has 0 fully saturated rings. The van der Waals surface area contributed by atoms with E-state index in [1.165, 1.54) is 12.5 Å². The van der Waals surface area contributed by atoms with E-state index in [0.29, 0.717) is 5.69 Å². The van der Waals surface area contributed by atoms with E-state index in [4.69, 9.17) is 10.8 Å². The Morgan fingerprint density at radius 3 is 2.14 bits per heavy atom. The van der Waals surface area contributed by atoms with Crippen LogP contribution in [0.3, 0.4) is 0 Å². The monoisotopic (exact) mass is 585 g/mol. The van der Waals surface area contributed by atoms with Gasteiger partial charge < -0.3 is 47.0 Å². The highest BCUT2D eigenvalue weighted by Gasteiger charge is 2.32. The number of carbonyl (C=O) groups is 6. The molecule has 0 saturated heterocycles. The Labute approximate surface area is 238 Å². The topological polar surface area (TPSA) is 270 Å². The molecule has 224 valence electrons. The molecule has 2 aromatic heterocycles. The van der Waals surface area contributed by atoms with Gasteiger partial charge >= 0.3 is 17.9 Å². The normalized spacial score (nSPS) is 13.8. The van der Waals surface area contributed by atoms with Crippen molar-refractivity contribution in [1.82, 2.24) is 30.9 Å². The van der Waals surface area contributed by atoms with E-state index in [-0.39, 0.29) is 12.8 Å². The van der Waals surface area contributed by atoms with E-state index < -0.39 is 79.1 Å². The van der Waals surface area contributed by atoms with Crippen LogP contribution in [0.5, 0.6) is 0 Å². The molecule has 0 aliphatic heterocycles. The number of fused-ring (bicyclic) bond motifs is 1. The summed E-state index contributed by atoms with van der Waals surface area (Å²) in [6.07, 6.45) is 2.41. The lowest BCUT2D eigenvalue weighted by Gasteiger charge is -2.24. The second kappa shape index (κ2) is 14.4. The third-order valence-corrected chi connectivity index (χ3v) is 6.34. The minimum atomic E-state index is -1.64. The summed E-state index contributed by atoms with van der Waals surface area (Å²) in [5.74, 6) is -7.01. The fraction of sp³-hybridized carbons (Fsp3) is 0.346. The molecule has 3 amide bonds. The number of aromatic nitrogens is 3. The number of carboxylic acids is 3. The summed E-state index contributed by atoms with van der Waals surface area (Å²) in [6.45, 7) is 0. The first-order chi connectivity index (χ1) is 19.9. The largest absolute Gasteiger partial charge is 0.481 e. The maximum atomic E-state index is 13.2. The number of carbonyl (C=O) groups excluding carboxylic acids is 3. The van der Waals surface area contributed by atoms with Gasteiger partial charge in [0.1, 0.15) is 18.1 Å². The van der Waals surface area contributed by atoms with Gasteiger partial charge in [-0.25, -0.2) is 9.78 Å². The fourth-order valence-corrected chi connectivity index (χ4v) is 4.19. The van der Waals surface area contributed by atoms with Gasteiger partial charge in [0.15, 0.2) is 0 Å². The molecule has 2 heterocycles. The number of nitrogens with one attached hydrogen (secondary N) is 5. The van der Waals surface area contributed by atoms with Gasteiger partial charge in [-0.05, 0) is 24.5 Å². The van der Waals surface area contributed by atoms with Gasteiger partial charge in [-0.3, -0.25) is 24.0 Å². The number of aromatic amines is 2. The van der Waals surface area contributed by atoms with Crippen molar-refractivity contribution in [2.45, 2.75) is 56.3 Å². The van der Waals surface area contributed by atoms with Crippen molar-refractivity contribution in [2.75, 3.05) is 0 Å². The number of amides is 3. The maximum Gasteiger partial charge on any atom is 0.326 e. The van der Waals surface area contributed by atoms with Gasteiger partial charge in [-0.2, -0.15) is 0 Å². The summed E-state index contributed by atoms with van der Waals surface area (Å²) in [7, 11) is 0. The SMILES string of the molecule is NC(Cc1c[nH]c2ccccc12)C(=O)NC(CC(=O)O)C(=O)NC(Cc1cnc[nH]1)C(=O)NC(CCC(=O)O)C(=O)O. The summed E-state index contributed by atoms with van der Waals surface area (Å²) in [5.41, 5.74) is 8.01. The minimum Gasteiger partial charge on any atom is -0.481 e. The number of nitrogens with zero attached hydrogens (tertiary/aromatic N) is 1. The molecule has 0 spiro atoms. The molecule has 3 aromatic rings. The van der Waals surface area contributed by atoms with Crippen LogP contribution in [0.25, 0.3) is 10.9 Å². The number of H-pyrrole nitrogens is 2. The van der Waals surface area contributed by atoms with E-state index in [0.717, 1.165) is 16.5 Å². The van der Waals surface area contributed by atoms with E-state index in [2.05, 4.69) is 30.9 Å². The third kappa shape index (κ3) is 8.88. The summed E-state index contributed by atoms with van der Waals surface area (Å²) >= 11 is 0. The van der Waals surface area contributed by atoms with Gasteiger partial charge in [0.2, 0.25) is 17.7 Å². The second-order valence-corrected chi connectivity index (χ2v) is 9.50.